The van der Waals surface area contributed by atoms with E-state index in [1.54, 1.807) is 5.38 Å². The van der Waals surface area contributed by atoms with Gasteiger partial charge in [-0.05, 0) is 18.2 Å². The van der Waals surface area contributed by atoms with Gasteiger partial charge in [-0.15, -0.1) is 11.3 Å². The lowest BCUT2D eigenvalue weighted by Gasteiger charge is -2.25. The minimum atomic E-state index is -4.12. The molecular weight excluding hydrogens is 456 g/mol. The first-order valence-corrected chi connectivity index (χ1v) is 11.4. The van der Waals surface area contributed by atoms with E-state index in [0.29, 0.717) is 43.6 Å². The number of rotatable bonds is 7. The van der Waals surface area contributed by atoms with Crippen molar-refractivity contribution in [3.05, 3.63) is 40.9 Å². The molecule has 0 radical (unpaired) electrons. The number of ether oxygens (including phenoxy) is 1. The minimum absolute atomic E-state index is 0.130. The molecule has 2 amide bonds. The van der Waals surface area contributed by atoms with Gasteiger partial charge in [-0.25, -0.2) is 26.9 Å². The molecule has 1 aliphatic rings. The van der Waals surface area contributed by atoms with Crippen molar-refractivity contribution in [3.8, 4) is 0 Å². The number of carbonyl (C=O) groups is 2. The Morgan fingerprint density at radius 2 is 1.90 bits per heavy atom. The maximum Gasteiger partial charge on any atom is 0.289 e. The van der Waals surface area contributed by atoms with Crippen molar-refractivity contribution in [2.24, 2.45) is 0 Å². The van der Waals surface area contributed by atoms with Crippen LogP contribution in [-0.4, -0.2) is 58.1 Å². The first-order chi connectivity index (χ1) is 14.8. The molecule has 1 aromatic heterocycles. The van der Waals surface area contributed by atoms with Crippen molar-refractivity contribution in [2.45, 2.75) is 11.3 Å². The van der Waals surface area contributed by atoms with Crippen molar-refractivity contribution >= 4 is 38.3 Å². The monoisotopic (exact) mass is 475 g/mol. The highest BCUT2D eigenvalue weighted by molar-refractivity contribution is 7.89. The molecule has 10 nitrogen and oxygen atoms in total. The fourth-order valence-electron chi connectivity index (χ4n) is 2.55. The second-order valence-corrected chi connectivity index (χ2v) is 8.94. The molecule has 168 valence electrons. The van der Waals surface area contributed by atoms with Crippen LogP contribution in [0.3, 0.4) is 0 Å². The van der Waals surface area contributed by atoms with Gasteiger partial charge in [-0.1, -0.05) is 0 Å². The van der Waals surface area contributed by atoms with E-state index in [0.717, 1.165) is 6.07 Å². The topological polar surface area (TPSA) is 130 Å². The fourth-order valence-corrected chi connectivity index (χ4v) is 4.45. The van der Waals surface area contributed by atoms with E-state index in [-0.39, 0.29) is 18.7 Å². The number of amides is 2. The Morgan fingerprint density at radius 1 is 1.16 bits per heavy atom. The Labute approximate surface area is 180 Å². The van der Waals surface area contributed by atoms with Gasteiger partial charge in [0.25, 0.3) is 5.91 Å². The largest absolute Gasteiger partial charge is 0.378 e. The molecule has 3 rings (SSSR count). The lowest BCUT2D eigenvalue weighted by atomic mass is 10.3. The first kappa shape index (κ1) is 23.0. The number of benzene rings is 1. The number of hydrogen-bond acceptors (Lipinski definition) is 8. The van der Waals surface area contributed by atoms with E-state index >= 15 is 0 Å². The van der Waals surface area contributed by atoms with Crippen LogP contribution >= 0.6 is 11.3 Å². The van der Waals surface area contributed by atoms with Crippen LogP contribution in [0.4, 0.5) is 13.9 Å². The second-order valence-electron chi connectivity index (χ2n) is 6.34. The highest BCUT2D eigenvalue weighted by atomic mass is 32.2. The summed E-state index contributed by atoms with van der Waals surface area (Å²) in [6.07, 6.45) is -0.306. The molecule has 0 spiro atoms. The molecule has 0 atom stereocenters. The van der Waals surface area contributed by atoms with E-state index in [1.807, 2.05) is 4.90 Å². The third-order valence-electron chi connectivity index (χ3n) is 4.17. The van der Waals surface area contributed by atoms with E-state index in [2.05, 4.69) is 20.6 Å². The van der Waals surface area contributed by atoms with Crippen LogP contribution in [0.5, 0.6) is 0 Å². The SMILES string of the molecule is O=C(CCNS(=O)(=O)c1ccc(F)c(F)c1)NNC(=O)c1csc(N2CCOCC2)n1. The van der Waals surface area contributed by atoms with Gasteiger partial charge < -0.3 is 9.64 Å². The summed E-state index contributed by atoms with van der Waals surface area (Å²) < 4.78 is 57.6. The second kappa shape index (κ2) is 10.1. The molecule has 0 saturated carbocycles. The Balaban J connectivity index is 1.43. The van der Waals surface area contributed by atoms with Gasteiger partial charge in [0, 0.05) is 31.4 Å². The average molecular weight is 475 g/mol. The van der Waals surface area contributed by atoms with Gasteiger partial charge in [0.05, 0.1) is 18.1 Å². The molecule has 1 saturated heterocycles. The number of morpholine rings is 1. The van der Waals surface area contributed by atoms with Crippen molar-refractivity contribution in [3.63, 3.8) is 0 Å². The van der Waals surface area contributed by atoms with Gasteiger partial charge >= 0.3 is 0 Å². The number of nitrogens with one attached hydrogen (secondary N) is 3. The summed E-state index contributed by atoms with van der Waals surface area (Å²) in [4.78, 5) is 29.7. The van der Waals surface area contributed by atoms with Crippen LogP contribution in [0.1, 0.15) is 16.9 Å². The maximum atomic E-state index is 13.2. The molecule has 31 heavy (non-hydrogen) atoms. The number of thiazole rings is 1. The van der Waals surface area contributed by atoms with Crippen LogP contribution < -0.4 is 20.5 Å². The number of hydrazine groups is 1. The number of hydrogen-bond donors (Lipinski definition) is 3. The molecule has 3 N–H and O–H groups in total. The van der Waals surface area contributed by atoms with Crippen molar-refractivity contribution in [2.75, 3.05) is 37.7 Å². The van der Waals surface area contributed by atoms with Crippen molar-refractivity contribution in [1.82, 2.24) is 20.6 Å². The zero-order valence-electron chi connectivity index (χ0n) is 16.1. The van der Waals surface area contributed by atoms with E-state index in [4.69, 9.17) is 4.74 Å². The molecular formula is C17H19F2N5O5S2. The Morgan fingerprint density at radius 3 is 2.61 bits per heavy atom. The summed E-state index contributed by atoms with van der Waals surface area (Å²) in [5.41, 5.74) is 4.49. The Kier molecular flexibility index (Phi) is 7.48. The molecule has 2 heterocycles. The van der Waals surface area contributed by atoms with Crippen LogP contribution in [0.2, 0.25) is 0 Å². The van der Waals surface area contributed by atoms with Crippen molar-refractivity contribution < 1.29 is 31.5 Å². The number of aromatic nitrogens is 1. The molecule has 1 aromatic carbocycles. The zero-order chi connectivity index (χ0) is 22.4. The average Bonchev–Trinajstić information content (AvgIpc) is 3.25. The number of halogens is 2. The number of carbonyl (C=O) groups excluding carboxylic acids is 2. The molecule has 2 aromatic rings. The summed E-state index contributed by atoms with van der Waals surface area (Å²) in [6.45, 7) is 2.19. The summed E-state index contributed by atoms with van der Waals surface area (Å²) in [6, 6.07) is 2.13. The highest BCUT2D eigenvalue weighted by Crippen LogP contribution is 2.21. The lowest BCUT2D eigenvalue weighted by Crippen LogP contribution is -2.43. The van der Waals surface area contributed by atoms with E-state index in [1.165, 1.54) is 11.3 Å². The van der Waals surface area contributed by atoms with Crippen molar-refractivity contribution in [1.29, 1.82) is 0 Å². The third kappa shape index (κ3) is 6.16. The van der Waals surface area contributed by atoms with Gasteiger partial charge in [0.1, 0.15) is 5.69 Å². The Bertz CT molecular complexity index is 1060. The number of nitrogens with zero attached hydrogens (tertiary/aromatic N) is 2. The summed E-state index contributed by atoms with van der Waals surface area (Å²) in [5, 5.41) is 2.23. The molecule has 1 fully saturated rings. The standard InChI is InChI=1S/C17H19F2N5O5S2/c18-12-2-1-11(9-13(12)19)31(27,28)20-4-3-15(25)22-23-16(26)14-10-30-17(21-14)24-5-7-29-8-6-24/h1-2,9-10,20H,3-8H2,(H,22,25)(H,23,26). The smallest absolute Gasteiger partial charge is 0.289 e. The number of anilines is 1. The van der Waals surface area contributed by atoms with Crippen LogP contribution in [0.25, 0.3) is 0 Å². The zero-order valence-corrected chi connectivity index (χ0v) is 17.7. The van der Waals surface area contributed by atoms with Crippen LogP contribution in [-0.2, 0) is 19.6 Å². The Hall–Kier alpha value is -2.68. The predicted molar refractivity (Wildman–Crippen MR) is 107 cm³/mol. The summed E-state index contributed by atoms with van der Waals surface area (Å²) >= 11 is 1.29. The normalized spacial score (nSPS) is 14.3. The summed E-state index contributed by atoms with van der Waals surface area (Å²) in [7, 11) is -4.12. The molecule has 0 bridgehead atoms. The maximum absolute atomic E-state index is 13.2. The van der Waals surface area contributed by atoms with Gasteiger partial charge in [0.2, 0.25) is 15.9 Å². The molecule has 14 heteroatoms. The fraction of sp³-hybridized carbons (Fsp3) is 0.353. The van der Waals surface area contributed by atoms with Gasteiger partial charge in [-0.2, -0.15) is 0 Å². The van der Waals surface area contributed by atoms with Crippen LogP contribution in [0.15, 0.2) is 28.5 Å². The quantitative estimate of drug-likeness (QED) is 0.494. The molecule has 1 aliphatic heterocycles. The number of sulfonamides is 1. The molecule has 0 unspecified atom stereocenters. The predicted octanol–water partition coefficient (Wildman–Crippen LogP) is 0.387. The first-order valence-electron chi connectivity index (χ1n) is 9.08. The van der Waals surface area contributed by atoms with Gasteiger partial charge in [-0.3, -0.25) is 20.4 Å². The van der Waals surface area contributed by atoms with E-state index in [9.17, 15) is 26.8 Å². The van der Waals surface area contributed by atoms with Gasteiger partial charge in [0.15, 0.2) is 16.8 Å². The lowest BCUT2D eigenvalue weighted by molar-refractivity contribution is -0.121. The minimum Gasteiger partial charge on any atom is -0.378 e. The third-order valence-corrected chi connectivity index (χ3v) is 6.53. The summed E-state index contributed by atoms with van der Waals surface area (Å²) in [5.74, 6) is -3.76. The molecule has 0 aliphatic carbocycles. The van der Waals surface area contributed by atoms with Crippen LogP contribution in [0, 0.1) is 11.6 Å². The highest BCUT2D eigenvalue weighted by Gasteiger charge is 2.19. The van der Waals surface area contributed by atoms with E-state index < -0.39 is 38.4 Å².